The Morgan fingerprint density at radius 3 is 2.56 bits per heavy atom. The Balaban J connectivity index is 3.39. The molecule has 0 bridgehead atoms. The van der Waals surface area contributed by atoms with Gasteiger partial charge < -0.3 is 14.8 Å². The van der Waals surface area contributed by atoms with Gasteiger partial charge in [-0.05, 0) is 19.3 Å². The Labute approximate surface area is 99.6 Å². The van der Waals surface area contributed by atoms with Gasteiger partial charge in [0.1, 0.15) is 0 Å². The van der Waals surface area contributed by atoms with Crippen LogP contribution >= 0.6 is 11.8 Å². The van der Waals surface area contributed by atoms with Crippen LogP contribution in [-0.2, 0) is 14.3 Å². The van der Waals surface area contributed by atoms with Gasteiger partial charge in [-0.25, -0.2) is 9.59 Å². The number of hydrogen-bond donors (Lipinski definition) is 1. The van der Waals surface area contributed by atoms with Crippen LogP contribution in [0.5, 0.6) is 0 Å². The molecular weight excluding hydrogens is 230 g/mol. The van der Waals surface area contributed by atoms with Crippen molar-refractivity contribution in [2.24, 2.45) is 0 Å². The Kier molecular flexibility index (Phi) is 9.59. The summed E-state index contributed by atoms with van der Waals surface area (Å²) in [5.74, 6) is 0.322. The summed E-state index contributed by atoms with van der Waals surface area (Å²) >= 11 is 1.42. The fourth-order valence-corrected chi connectivity index (χ4v) is 1.32. The van der Waals surface area contributed by atoms with Crippen LogP contribution < -0.4 is 5.32 Å². The molecule has 0 aromatic heterocycles. The van der Waals surface area contributed by atoms with Crippen LogP contribution in [0.15, 0.2) is 11.5 Å². The molecule has 0 saturated carbocycles. The van der Waals surface area contributed by atoms with Crippen molar-refractivity contribution in [2.45, 2.75) is 13.8 Å². The number of rotatable bonds is 7. The second-order valence-corrected chi connectivity index (χ2v) is 3.59. The average molecular weight is 247 g/mol. The van der Waals surface area contributed by atoms with Crippen molar-refractivity contribution < 1.29 is 19.1 Å². The van der Waals surface area contributed by atoms with Crippen molar-refractivity contribution >= 4 is 23.8 Å². The predicted molar refractivity (Wildman–Crippen MR) is 63.3 cm³/mol. The van der Waals surface area contributed by atoms with Gasteiger partial charge in [0.2, 0.25) is 0 Å². The summed E-state index contributed by atoms with van der Waals surface area (Å²) in [7, 11) is 0. The number of thioether (sulfide) groups is 1. The lowest BCUT2D eigenvalue weighted by molar-refractivity contribution is -0.137. The van der Waals surface area contributed by atoms with E-state index in [-0.39, 0.29) is 5.97 Å². The van der Waals surface area contributed by atoms with Gasteiger partial charge in [0, 0.05) is 18.4 Å². The van der Waals surface area contributed by atoms with Gasteiger partial charge in [-0.1, -0.05) is 0 Å². The maximum absolute atomic E-state index is 10.9. The van der Waals surface area contributed by atoms with Crippen molar-refractivity contribution in [2.75, 3.05) is 25.5 Å². The molecule has 0 aromatic rings. The van der Waals surface area contributed by atoms with E-state index in [0.29, 0.717) is 25.5 Å². The van der Waals surface area contributed by atoms with Crippen molar-refractivity contribution in [3.8, 4) is 0 Å². The number of alkyl carbamates (subject to hydrolysis) is 1. The van der Waals surface area contributed by atoms with Gasteiger partial charge >= 0.3 is 12.1 Å². The van der Waals surface area contributed by atoms with Gasteiger partial charge in [0.25, 0.3) is 0 Å². The zero-order valence-electron chi connectivity index (χ0n) is 9.52. The molecule has 1 amide bonds. The topological polar surface area (TPSA) is 64.6 Å². The van der Waals surface area contributed by atoms with Gasteiger partial charge in [-0.3, -0.25) is 0 Å². The number of carbonyl (C=O) groups excluding carboxylic acids is 2. The van der Waals surface area contributed by atoms with Crippen molar-refractivity contribution in [3.63, 3.8) is 0 Å². The van der Waals surface area contributed by atoms with Crippen molar-refractivity contribution in [3.05, 3.63) is 11.5 Å². The summed E-state index contributed by atoms with van der Waals surface area (Å²) in [4.78, 5) is 21.7. The van der Waals surface area contributed by atoms with E-state index in [1.54, 1.807) is 19.3 Å². The second kappa shape index (κ2) is 10.4. The van der Waals surface area contributed by atoms with Crippen LogP contribution in [0.3, 0.4) is 0 Å². The third-order valence-electron chi connectivity index (χ3n) is 1.35. The highest BCUT2D eigenvalue weighted by Crippen LogP contribution is 2.00. The first-order chi connectivity index (χ1) is 7.70. The number of amides is 1. The maximum atomic E-state index is 10.9. The summed E-state index contributed by atoms with van der Waals surface area (Å²) in [5, 5.41) is 4.21. The molecule has 0 unspecified atom stereocenters. The standard InChI is InChI=1S/C10H17NO4S/c1-3-14-9(12)5-7-16-8-6-11-10(13)15-4-2/h5,7H,3-4,6,8H2,1-2H3,(H,11,13). The molecule has 92 valence electrons. The minimum absolute atomic E-state index is 0.353. The molecule has 0 radical (unpaired) electrons. The highest BCUT2D eigenvalue weighted by molar-refractivity contribution is 8.02. The van der Waals surface area contributed by atoms with E-state index in [0.717, 1.165) is 0 Å². The van der Waals surface area contributed by atoms with Gasteiger partial charge in [0.15, 0.2) is 0 Å². The summed E-state index contributed by atoms with van der Waals surface area (Å²) in [6.07, 6.45) is 0.941. The Morgan fingerprint density at radius 2 is 1.94 bits per heavy atom. The normalized spacial score (nSPS) is 10.1. The molecule has 0 heterocycles. The molecule has 0 aliphatic carbocycles. The van der Waals surface area contributed by atoms with Crippen LogP contribution in [0.25, 0.3) is 0 Å². The molecule has 0 aromatic carbocycles. The Morgan fingerprint density at radius 1 is 1.25 bits per heavy atom. The first kappa shape index (κ1) is 14.8. The number of nitrogens with one attached hydrogen (secondary N) is 1. The molecule has 0 aliphatic heterocycles. The number of esters is 1. The van der Waals surface area contributed by atoms with Crippen LogP contribution in [0.2, 0.25) is 0 Å². The first-order valence-corrected chi connectivity index (χ1v) is 6.11. The van der Waals surface area contributed by atoms with E-state index in [9.17, 15) is 9.59 Å². The average Bonchev–Trinajstić information content (AvgIpc) is 2.24. The quantitative estimate of drug-likeness (QED) is 0.420. The zero-order valence-corrected chi connectivity index (χ0v) is 10.3. The van der Waals surface area contributed by atoms with Crippen LogP contribution in [0, 0.1) is 0 Å². The summed E-state index contributed by atoms with van der Waals surface area (Å²) in [6.45, 7) is 4.73. The molecule has 0 aliphatic rings. The molecule has 0 saturated heterocycles. The highest BCUT2D eigenvalue weighted by Gasteiger charge is 1.97. The minimum Gasteiger partial charge on any atom is -0.463 e. The van der Waals surface area contributed by atoms with Crippen LogP contribution in [-0.4, -0.2) is 37.6 Å². The smallest absolute Gasteiger partial charge is 0.407 e. The third kappa shape index (κ3) is 9.39. The summed E-state index contributed by atoms with van der Waals surface area (Å²) < 4.78 is 9.36. The first-order valence-electron chi connectivity index (χ1n) is 5.06. The second-order valence-electron chi connectivity index (χ2n) is 2.57. The number of carbonyl (C=O) groups is 2. The molecule has 0 atom stereocenters. The van der Waals surface area contributed by atoms with E-state index in [2.05, 4.69) is 14.8 Å². The zero-order chi connectivity index (χ0) is 12.2. The summed E-state index contributed by atoms with van der Waals surface area (Å²) in [6, 6.07) is 0. The molecular formula is C10H17NO4S. The number of hydrogen-bond acceptors (Lipinski definition) is 5. The lowest BCUT2D eigenvalue weighted by atomic mass is 10.6. The van der Waals surface area contributed by atoms with Crippen LogP contribution in [0.1, 0.15) is 13.8 Å². The van der Waals surface area contributed by atoms with E-state index in [1.165, 1.54) is 17.8 Å². The fourth-order valence-electron chi connectivity index (χ4n) is 0.756. The molecule has 1 N–H and O–H groups in total. The Bertz CT molecular complexity index is 243. The minimum atomic E-state index is -0.419. The molecule has 16 heavy (non-hydrogen) atoms. The third-order valence-corrected chi connectivity index (χ3v) is 2.12. The molecule has 0 spiro atoms. The Hall–Kier alpha value is -1.17. The van der Waals surface area contributed by atoms with E-state index in [1.807, 2.05) is 0 Å². The largest absolute Gasteiger partial charge is 0.463 e. The van der Waals surface area contributed by atoms with E-state index < -0.39 is 6.09 Å². The molecule has 0 rings (SSSR count). The molecule has 6 heteroatoms. The monoisotopic (exact) mass is 247 g/mol. The van der Waals surface area contributed by atoms with Crippen molar-refractivity contribution in [1.29, 1.82) is 0 Å². The van der Waals surface area contributed by atoms with E-state index in [4.69, 9.17) is 0 Å². The van der Waals surface area contributed by atoms with Gasteiger partial charge in [-0.15, -0.1) is 11.8 Å². The lowest BCUT2D eigenvalue weighted by Gasteiger charge is -2.02. The highest BCUT2D eigenvalue weighted by atomic mass is 32.2. The SMILES string of the molecule is CCOC(=O)C=CSCCNC(=O)OCC. The number of ether oxygens (including phenoxy) is 2. The van der Waals surface area contributed by atoms with Crippen LogP contribution in [0.4, 0.5) is 4.79 Å². The molecule has 0 fully saturated rings. The van der Waals surface area contributed by atoms with Crippen molar-refractivity contribution in [1.82, 2.24) is 5.32 Å². The maximum Gasteiger partial charge on any atom is 0.407 e. The summed E-state index contributed by atoms with van der Waals surface area (Å²) in [5.41, 5.74) is 0. The van der Waals surface area contributed by atoms with Gasteiger partial charge in [-0.2, -0.15) is 0 Å². The predicted octanol–water partition coefficient (Wildman–Crippen LogP) is 1.54. The lowest BCUT2D eigenvalue weighted by Crippen LogP contribution is -2.26. The van der Waals surface area contributed by atoms with Gasteiger partial charge in [0.05, 0.1) is 13.2 Å². The van der Waals surface area contributed by atoms with E-state index >= 15 is 0 Å². The fraction of sp³-hybridized carbons (Fsp3) is 0.600. The molecule has 5 nitrogen and oxygen atoms in total.